The summed E-state index contributed by atoms with van der Waals surface area (Å²) in [6.45, 7) is 4.96. The number of benzene rings is 1. The molecule has 0 saturated carbocycles. The van der Waals surface area contributed by atoms with E-state index in [0.29, 0.717) is 23.3 Å². The first-order valence-corrected chi connectivity index (χ1v) is 9.37. The zero-order valence-corrected chi connectivity index (χ0v) is 16.4. The number of hydrogen-bond donors (Lipinski definition) is 2. The summed E-state index contributed by atoms with van der Waals surface area (Å²) in [5.74, 6) is -0.648. The lowest BCUT2D eigenvalue weighted by molar-refractivity contribution is 0.0952. The van der Waals surface area contributed by atoms with Crippen molar-refractivity contribution < 1.29 is 4.79 Å². The summed E-state index contributed by atoms with van der Waals surface area (Å²) in [5, 5.41) is 25.3. The standard InChI is InChI=1S/C22H22N6O/c1-15-19(12-23)21(20(13-24)16(2)27-15)17-5-3-6-18(11-17)22(29)26-7-4-9-28-10-8-25-14-28/h3,5-6,8,10-11,14,21,27H,4,7,9H2,1-2H3,(H,26,29). The quantitative estimate of drug-likeness (QED) is 0.742. The zero-order chi connectivity index (χ0) is 20.8. The average Bonchev–Trinajstić information content (AvgIpc) is 3.24. The molecule has 0 fully saturated rings. The maximum atomic E-state index is 12.6. The van der Waals surface area contributed by atoms with Gasteiger partial charge in [-0.15, -0.1) is 0 Å². The number of aromatic nitrogens is 2. The zero-order valence-electron chi connectivity index (χ0n) is 16.4. The Kier molecular flexibility index (Phi) is 6.11. The summed E-state index contributed by atoms with van der Waals surface area (Å²) in [6, 6.07) is 11.6. The van der Waals surface area contributed by atoms with Crippen LogP contribution in [-0.4, -0.2) is 22.0 Å². The molecule has 2 aromatic rings. The molecular formula is C22H22N6O. The third-order valence-corrected chi connectivity index (χ3v) is 4.92. The number of aryl methyl sites for hydroxylation is 1. The highest BCUT2D eigenvalue weighted by atomic mass is 16.1. The highest BCUT2D eigenvalue weighted by Gasteiger charge is 2.29. The van der Waals surface area contributed by atoms with Gasteiger partial charge in [-0.25, -0.2) is 4.98 Å². The third-order valence-electron chi connectivity index (χ3n) is 4.92. The predicted octanol–water partition coefficient (Wildman–Crippen LogP) is 2.99. The Morgan fingerprint density at radius 3 is 2.59 bits per heavy atom. The lowest BCUT2D eigenvalue weighted by Gasteiger charge is -2.26. The maximum Gasteiger partial charge on any atom is 0.251 e. The monoisotopic (exact) mass is 386 g/mol. The van der Waals surface area contributed by atoms with Crippen molar-refractivity contribution in [2.24, 2.45) is 0 Å². The molecule has 0 spiro atoms. The minimum absolute atomic E-state index is 0.176. The molecule has 146 valence electrons. The van der Waals surface area contributed by atoms with Crippen LogP contribution in [0.4, 0.5) is 0 Å². The van der Waals surface area contributed by atoms with E-state index in [9.17, 15) is 15.3 Å². The maximum absolute atomic E-state index is 12.6. The number of rotatable bonds is 6. The number of nitrogens with one attached hydrogen (secondary N) is 2. The molecule has 0 radical (unpaired) electrons. The molecule has 1 aliphatic rings. The van der Waals surface area contributed by atoms with Gasteiger partial charge in [0.1, 0.15) is 0 Å². The second-order valence-electron chi connectivity index (χ2n) is 6.89. The largest absolute Gasteiger partial charge is 0.361 e. The summed E-state index contributed by atoms with van der Waals surface area (Å²) >= 11 is 0. The fourth-order valence-corrected chi connectivity index (χ4v) is 3.47. The first-order valence-electron chi connectivity index (χ1n) is 9.37. The van der Waals surface area contributed by atoms with Gasteiger partial charge in [0.05, 0.1) is 35.5 Å². The summed E-state index contributed by atoms with van der Waals surface area (Å²) < 4.78 is 1.96. The molecule has 7 heteroatoms. The first kappa shape index (κ1) is 19.9. The van der Waals surface area contributed by atoms with E-state index in [2.05, 4.69) is 27.8 Å². The number of imidazole rings is 1. The van der Waals surface area contributed by atoms with Gasteiger partial charge in [-0.05, 0) is 38.0 Å². The van der Waals surface area contributed by atoms with Gasteiger partial charge in [0.2, 0.25) is 0 Å². The number of allylic oxidation sites excluding steroid dienone is 4. The molecular weight excluding hydrogens is 364 g/mol. The van der Waals surface area contributed by atoms with Crippen molar-refractivity contribution >= 4 is 5.91 Å². The predicted molar refractivity (Wildman–Crippen MR) is 108 cm³/mol. The Hall–Kier alpha value is -3.84. The SMILES string of the molecule is CC1=C(C#N)C(c2cccc(C(=O)NCCCn3ccnc3)c2)C(C#N)=C(C)N1. The number of nitrogens with zero attached hydrogens (tertiary/aromatic N) is 4. The molecule has 1 aromatic heterocycles. The highest BCUT2D eigenvalue weighted by Crippen LogP contribution is 2.37. The summed E-state index contributed by atoms with van der Waals surface area (Å²) in [6.07, 6.45) is 6.14. The normalized spacial score (nSPS) is 14.2. The Bertz CT molecular complexity index is 1010. The van der Waals surface area contributed by atoms with Crippen LogP contribution in [0.25, 0.3) is 0 Å². The number of hydrogen-bond acceptors (Lipinski definition) is 5. The molecule has 1 aromatic carbocycles. The van der Waals surface area contributed by atoms with Gasteiger partial charge in [0, 0.05) is 42.4 Å². The van der Waals surface area contributed by atoms with Crippen LogP contribution in [0.1, 0.15) is 42.1 Å². The molecule has 0 aliphatic carbocycles. The van der Waals surface area contributed by atoms with E-state index in [1.54, 1.807) is 30.7 Å². The van der Waals surface area contributed by atoms with Crippen molar-refractivity contribution in [3.05, 3.63) is 76.7 Å². The van der Waals surface area contributed by atoms with Crippen LogP contribution in [0.2, 0.25) is 0 Å². The molecule has 2 N–H and O–H groups in total. The molecule has 1 aliphatic heterocycles. The van der Waals surface area contributed by atoms with Crippen LogP contribution < -0.4 is 10.6 Å². The molecule has 0 unspecified atom stereocenters. The molecule has 0 saturated heterocycles. The second kappa shape index (κ2) is 8.90. The third kappa shape index (κ3) is 4.36. The van der Waals surface area contributed by atoms with E-state index in [-0.39, 0.29) is 5.91 Å². The van der Waals surface area contributed by atoms with Gasteiger partial charge in [0.25, 0.3) is 5.91 Å². The summed E-state index contributed by atoms with van der Waals surface area (Å²) in [5.41, 5.74) is 3.69. The smallest absolute Gasteiger partial charge is 0.251 e. The Balaban J connectivity index is 1.76. The number of carbonyl (C=O) groups excluding carboxylic acids is 1. The average molecular weight is 386 g/mol. The van der Waals surface area contributed by atoms with E-state index in [0.717, 1.165) is 29.9 Å². The van der Waals surface area contributed by atoms with Crippen molar-refractivity contribution in [2.75, 3.05) is 6.54 Å². The number of nitriles is 2. The van der Waals surface area contributed by atoms with Crippen LogP contribution in [0.15, 0.2) is 65.5 Å². The molecule has 0 atom stereocenters. The first-order chi connectivity index (χ1) is 14.0. The number of amides is 1. The van der Waals surface area contributed by atoms with Crippen molar-refractivity contribution in [1.82, 2.24) is 20.2 Å². The van der Waals surface area contributed by atoms with Crippen molar-refractivity contribution in [3.8, 4) is 12.1 Å². The minimum Gasteiger partial charge on any atom is -0.361 e. The van der Waals surface area contributed by atoms with Crippen LogP contribution >= 0.6 is 0 Å². The Labute approximate surface area is 170 Å². The van der Waals surface area contributed by atoms with Crippen LogP contribution in [0.5, 0.6) is 0 Å². The topological polar surface area (TPSA) is 107 Å². The fourth-order valence-electron chi connectivity index (χ4n) is 3.47. The molecule has 7 nitrogen and oxygen atoms in total. The van der Waals surface area contributed by atoms with E-state index in [1.807, 2.05) is 30.7 Å². The Morgan fingerprint density at radius 2 is 1.97 bits per heavy atom. The summed E-state index contributed by atoms with van der Waals surface area (Å²) in [7, 11) is 0. The van der Waals surface area contributed by atoms with E-state index < -0.39 is 5.92 Å². The molecule has 1 amide bonds. The van der Waals surface area contributed by atoms with Crippen LogP contribution in [0.3, 0.4) is 0 Å². The van der Waals surface area contributed by atoms with Gasteiger partial charge in [-0.1, -0.05) is 12.1 Å². The second-order valence-corrected chi connectivity index (χ2v) is 6.89. The molecule has 3 rings (SSSR count). The van der Waals surface area contributed by atoms with Crippen LogP contribution in [-0.2, 0) is 6.54 Å². The van der Waals surface area contributed by atoms with E-state index >= 15 is 0 Å². The fraction of sp³-hybridized carbons (Fsp3) is 0.273. The van der Waals surface area contributed by atoms with Gasteiger partial charge >= 0.3 is 0 Å². The molecule has 0 bridgehead atoms. The van der Waals surface area contributed by atoms with Gasteiger partial charge in [-0.2, -0.15) is 10.5 Å². The molecule has 29 heavy (non-hydrogen) atoms. The van der Waals surface area contributed by atoms with Gasteiger partial charge in [0.15, 0.2) is 0 Å². The number of dihydropyridines is 1. The Morgan fingerprint density at radius 1 is 1.24 bits per heavy atom. The van der Waals surface area contributed by atoms with Gasteiger partial charge < -0.3 is 15.2 Å². The van der Waals surface area contributed by atoms with Crippen LogP contribution in [0, 0.1) is 22.7 Å². The molecule has 2 heterocycles. The van der Waals surface area contributed by atoms with Gasteiger partial charge in [-0.3, -0.25) is 4.79 Å². The lowest BCUT2D eigenvalue weighted by Crippen LogP contribution is -2.26. The van der Waals surface area contributed by atoms with E-state index in [1.165, 1.54) is 0 Å². The number of carbonyl (C=O) groups is 1. The van der Waals surface area contributed by atoms with Crippen molar-refractivity contribution in [2.45, 2.75) is 32.7 Å². The minimum atomic E-state index is -0.472. The highest BCUT2D eigenvalue weighted by molar-refractivity contribution is 5.94. The summed E-state index contributed by atoms with van der Waals surface area (Å²) in [4.78, 5) is 16.6. The van der Waals surface area contributed by atoms with E-state index in [4.69, 9.17) is 0 Å². The lowest BCUT2D eigenvalue weighted by atomic mass is 9.81. The van der Waals surface area contributed by atoms with Crippen molar-refractivity contribution in [3.63, 3.8) is 0 Å². The van der Waals surface area contributed by atoms with Crippen molar-refractivity contribution in [1.29, 1.82) is 10.5 Å².